The van der Waals surface area contributed by atoms with Gasteiger partial charge in [-0.15, -0.1) is 13.2 Å². The molecule has 0 heteroatoms. The molecule has 0 nitrogen and oxygen atoms in total. The second-order valence-corrected chi connectivity index (χ2v) is 1.09. The third kappa shape index (κ3) is 3.04. The van der Waals surface area contributed by atoms with Gasteiger partial charge in [-0.25, -0.2) is 0 Å². The molecule has 0 aliphatic heterocycles. The van der Waals surface area contributed by atoms with Crippen LogP contribution in [0.4, 0.5) is 0 Å². The van der Waals surface area contributed by atoms with Gasteiger partial charge in [0.15, 0.2) is 0 Å². The highest BCUT2D eigenvalue weighted by molar-refractivity contribution is 5.11. The standard InChI is InChI=1S/C5H6.C2H4/c1-2-4-5-3-1;1-2/h1-4H,5H2;1-2H2. The molecule has 0 aromatic carbocycles. The van der Waals surface area contributed by atoms with E-state index < -0.39 is 0 Å². The lowest BCUT2D eigenvalue weighted by Gasteiger charge is -1.57. The van der Waals surface area contributed by atoms with Gasteiger partial charge in [0.05, 0.1) is 0 Å². The van der Waals surface area contributed by atoms with Crippen molar-refractivity contribution in [3.63, 3.8) is 0 Å². The zero-order valence-electron chi connectivity index (χ0n) is 4.43. The van der Waals surface area contributed by atoms with Crippen LogP contribution in [0.3, 0.4) is 0 Å². The van der Waals surface area contributed by atoms with Crippen molar-refractivity contribution in [3.05, 3.63) is 37.5 Å². The number of rotatable bonds is 0. The molecule has 0 bridgehead atoms. The van der Waals surface area contributed by atoms with E-state index in [1.165, 1.54) is 0 Å². The van der Waals surface area contributed by atoms with Crippen molar-refractivity contribution in [2.24, 2.45) is 0 Å². The Hall–Kier alpha value is -0.780. The van der Waals surface area contributed by atoms with Crippen LogP contribution in [-0.2, 0) is 0 Å². The summed E-state index contributed by atoms with van der Waals surface area (Å²) in [6, 6.07) is 0. The van der Waals surface area contributed by atoms with Crippen LogP contribution in [-0.4, -0.2) is 0 Å². The van der Waals surface area contributed by atoms with Crippen molar-refractivity contribution in [2.75, 3.05) is 0 Å². The van der Waals surface area contributed by atoms with Crippen molar-refractivity contribution in [2.45, 2.75) is 6.42 Å². The average Bonchev–Trinajstić information content (AvgIpc) is 2.23. The minimum absolute atomic E-state index is 1.14. The molecule has 0 spiro atoms. The Morgan fingerprint density at radius 3 is 1.57 bits per heavy atom. The Morgan fingerprint density at radius 2 is 1.43 bits per heavy atom. The molecule has 0 saturated carbocycles. The lowest BCUT2D eigenvalue weighted by molar-refractivity contribution is 1.45. The fraction of sp³-hybridized carbons (Fsp3) is 0.143. The molecule has 38 valence electrons. The van der Waals surface area contributed by atoms with Crippen LogP contribution in [0, 0.1) is 0 Å². The molecular weight excluding hydrogens is 84.1 g/mol. The van der Waals surface area contributed by atoms with E-state index in [1.54, 1.807) is 0 Å². The molecule has 0 aromatic rings. The highest BCUT2D eigenvalue weighted by Crippen LogP contribution is 1.93. The summed E-state index contributed by atoms with van der Waals surface area (Å²) in [6.07, 6.45) is 9.50. The second kappa shape index (κ2) is 5.22. The summed E-state index contributed by atoms with van der Waals surface area (Å²) in [6.45, 7) is 6.00. The van der Waals surface area contributed by atoms with E-state index in [1.807, 2.05) is 0 Å². The van der Waals surface area contributed by atoms with Crippen molar-refractivity contribution in [3.8, 4) is 0 Å². The third-order valence-corrected chi connectivity index (χ3v) is 0.655. The molecule has 0 amide bonds. The van der Waals surface area contributed by atoms with Gasteiger partial charge in [0.1, 0.15) is 0 Å². The van der Waals surface area contributed by atoms with Gasteiger partial charge in [-0.1, -0.05) is 24.3 Å². The Kier molecular flexibility index (Phi) is 4.64. The van der Waals surface area contributed by atoms with E-state index in [0.29, 0.717) is 0 Å². The smallest absolute Gasteiger partial charge is 0.0163 e. The van der Waals surface area contributed by atoms with Gasteiger partial charge in [0.2, 0.25) is 0 Å². The van der Waals surface area contributed by atoms with Crippen molar-refractivity contribution < 1.29 is 0 Å². The van der Waals surface area contributed by atoms with E-state index in [2.05, 4.69) is 37.5 Å². The first kappa shape index (κ1) is 6.22. The highest BCUT2D eigenvalue weighted by Gasteiger charge is 1.72. The fourth-order valence-electron chi connectivity index (χ4n) is 0.393. The molecule has 0 saturated heterocycles. The van der Waals surface area contributed by atoms with Crippen LogP contribution in [0.2, 0.25) is 0 Å². The molecule has 7 heavy (non-hydrogen) atoms. The predicted molar refractivity (Wildman–Crippen MR) is 34.2 cm³/mol. The van der Waals surface area contributed by atoms with E-state index in [-0.39, 0.29) is 0 Å². The molecule has 1 aliphatic rings. The third-order valence-electron chi connectivity index (χ3n) is 0.655. The zero-order valence-corrected chi connectivity index (χ0v) is 4.43. The van der Waals surface area contributed by atoms with Crippen LogP contribution in [0.5, 0.6) is 0 Å². The molecular formula is C7H10. The maximum atomic E-state index is 3.00. The zero-order chi connectivity index (χ0) is 5.54. The molecule has 0 aromatic heterocycles. The molecule has 1 rings (SSSR count). The maximum absolute atomic E-state index is 3.00. The fourth-order valence-corrected chi connectivity index (χ4v) is 0.393. The van der Waals surface area contributed by atoms with Crippen LogP contribution in [0.15, 0.2) is 37.5 Å². The predicted octanol–water partition coefficient (Wildman–Crippen LogP) is 2.30. The molecule has 0 radical (unpaired) electrons. The summed E-state index contributed by atoms with van der Waals surface area (Å²) in [5.74, 6) is 0. The van der Waals surface area contributed by atoms with Crippen LogP contribution in [0.25, 0.3) is 0 Å². The Bertz CT molecular complexity index is 68.0. The second-order valence-electron chi connectivity index (χ2n) is 1.09. The number of hydrogen-bond donors (Lipinski definition) is 0. The van der Waals surface area contributed by atoms with E-state index in [4.69, 9.17) is 0 Å². The number of hydrogen-bond acceptors (Lipinski definition) is 0. The maximum Gasteiger partial charge on any atom is -0.0163 e. The lowest BCUT2D eigenvalue weighted by Crippen LogP contribution is -1.37. The molecule has 0 N–H and O–H groups in total. The van der Waals surface area contributed by atoms with Crippen molar-refractivity contribution in [1.82, 2.24) is 0 Å². The van der Waals surface area contributed by atoms with Gasteiger partial charge < -0.3 is 0 Å². The number of allylic oxidation sites excluding steroid dienone is 4. The highest BCUT2D eigenvalue weighted by atomic mass is 13.8. The summed E-state index contributed by atoms with van der Waals surface area (Å²) in [4.78, 5) is 0. The van der Waals surface area contributed by atoms with Gasteiger partial charge in [-0.3, -0.25) is 0 Å². The van der Waals surface area contributed by atoms with Gasteiger partial charge in [0.25, 0.3) is 0 Å². The van der Waals surface area contributed by atoms with Gasteiger partial charge >= 0.3 is 0 Å². The summed E-state index contributed by atoms with van der Waals surface area (Å²) < 4.78 is 0. The molecule has 0 atom stereocenters. The Balaban J connectivity index is 0.000000162. The molecule has 0 unspecified atom stereocenters. The normalized spacial score (nSPS) is 13.1. The van der Waals surface area contributed by atoms with E-state index in [0.717, 1.165) is 6.42 Å². The van der Waals surface area contributed by atoms with Crippen molar-refractivity contribution >= 4 is 0 Å². The quantitative estimate of drug-likeness (QED) is 0.404. The minimum atomic E-state index is 1.14. The van der Waals surface area contributed by atoms with Crippen LogP contribution < -0.4 is 0 Å². The lowest BCUT2D eigenvalue weighted by atomic mass is 10.5. The summed E-state index contributed by atoms with van der Waals surface area (Å²) in [5.41, 5.74) is 0. The van der Waals surface area contributed by atoms with E-state index in [9.17, 15) is 0 Å². The van der Waals surface area contributed by atoms with Crippen LogP contribution >= 0.6 is 0 Å². The summed E-state index contributed by atoms with van der Waals surface area (Å²) in [7, 11) is 0. The van der Waals surface area contributed by atoms with Gasteiger partial charge in [-0.2, -0.15) is 0 Å². The first-order valence-corrected chi connectivity index (χ1v) is 2.32. The largest absolute Gasteiger partial charge is 0.106 e. The van der Waals surface area contributed by atoms with Gasteiger partial charge in [-0.05, 0) is 6.42 Å². The first-order valence-electron chi connectivity index (χ1n) is 2.32. The Labute approximate surface area is 44.9 Å². The molecule has 0 fully saturated rings. The van der Waals surface area contributed by atoms with Crippen molar-refractivity contribution in [1.29, 1.82) is 0 Å². The topological polar surface area (TPSA) is 0 Å². The average molecular weight is 94.2 g/mol. The SMILES string of the molecule is C1=CCC=C1.C=C. The van der Waals surface area contributed by atoms with E-state index >= 15 is 0 Å². The Morgan fingerprint density at radius 1 is 1.00 bits per heavy atom. The summed E-state index contributed by atoms with van der Waals surface area (Å²) >= 11 is 0. The first-order chi connectivity index (χ1) is 3.50. The summed E-state index contributed by atoms with van der Waals surface area (Å²) in [5, 5.41) is 0. The van der Waals surface area contributed by atoms with Gasteiger partial charge in [0, 0.05) is 0 Å². The monoisotopic (exact) mass is 94.1 g/mol. The van der Waals surface area contributed by atoms with Crippen LogP contribution in [0.1, 0.15) is 6.42 Å². The molecule has 0 heterocycles. The molecule has 1 aliphatic carbocycles. The minimum Gasteiger partial charge on any atom is -0.106 e.